The monoisotopic (exact) mass is 340 g/mol. The number of hydrogen-bond donors (Lipinski definition) is 2. The Labute approximate surface area is 138 Å². The fourth-order valence-electron chi connectivity index (χ4n) is 3.10. The lowest BCUT2D eigenvalue weighted by Crippen LogP contribution is -2.53. The summed E-state index contributed by atoms with van der Waals surface area (Å²) >= 11 is 0. The van der Waals surface area contributed by atoms with E-state index in [4.69, 9.17) is 11.5 Å². The van der Waals surface area contributed by atoms with Gasteiger partial charge < -0.3 is 16.4 Å². The lowest BCUT2D eigenvalue weighted by Gasteiger charge is -2.38. The third kappa shape index (κ3) is 5.62. The highest BCUT2D eigenvalue weighted by molar-refractivity contribution is 5.87. The van der Waals surface area contributed by atoms with Crippen molar-refractivity contribution in [2.45, 2.75) is 44.2 Å². The minimum Gasteiger partial charge on any atom is -0.370 e. The second-order valence-electron chi connectivity index (χ2n) is 5.60. The number of nitrogens with two attached hydrogens (primary N) is 2. The minimum absolute atomic E-state index is 0. The summed E-state index contributed by atoms with van der Waals surface area (Å²) in [7, 11) is 0. The molecule has 2 fully saturated rings. The Morgan fingerprint density at radius 3 is 2.29 bits per heavy atom. The number of likely N-dealkylation sites (tertiary alicyclic amines) is 2. The maximum absolute atomic E-state index is 12.2. The first-order valence-corrected chi connectivity index (χ1v) is 7.14. The van der Waals surface area contributed by atoms with Crippen LogP contribution in [0.15, 0.2) is 0 Å². The molecule has 6 nitrogen and oxygen atoms in total. The van der Waals surface area contributed by atoms with Crippen LogP contribution < -0.4 is 11.5 Å². The number of nitrogens with zero attached hydrogens (tertiary/aromatic N) is 2. The molecule has 21 heavy (non-hydrogen) atoms. The molecule has 0 aromatic rings. The van der Waals surface area contributed by atoms with E-state index >= 15 is 0 Å². The summed E-state index contributed by atoms with van der Waals surface area (Å²) in [6.45, 7) is 3.76. The zero-order chi connectivity index (χ0) is 13.8. The first-order chi connectivity index (χ1) is 9.08. The molecule has 4 N–H and O–H groups in total. The van der Waals surface area contributed by atoms with Crippen LogP contribution in [0.2, 0.25) is 0 Å². The highest BCUT2D eigenvalue weighted by atomic mass is 35.5. The van der Waals surface area contributed by atoms with Gasteiger partial charge in [0.05, 0.1) is 12.5 Å². The Kier molecular flexibility index (Phi) is 9.20. The largest absolute Gasteiger partial charge is 0.370 e. The smallest absolute Gasteiger partial charge is 0.240 e. The van der Waals surface area contributed by atoms with Gasteiger partial charge in [-0.3, -0.25) is 14.5 Å². The lowest BCUT2D eigenvalue weighted by atomic mass is 10.0. The number of carbonyl (C=O) groups is 2. The molecule has 0 radical (unpaired) electrons. The Morgan fingerprint density at radius 2 is 1.71 bits per heavy atom. The zero-order valence-electron chi connectivity index (χ0n) is 12.2. The van der Waals surface area contributed by atoms with Gasteiger partial charge in [0.1, 0.15) is 0 Å². The average Bonchev–Trinajstić information content (AvgIpc) is 2.91. The van der Waals surface area contributed by atoms with Crippen molar-refractivity contribution in [2.24, 2.45) is 11.5 Å². The summed E-state index contributed by atoms with van der Waals surface area (Å²) in [5, 5.41) is 0. The number of carbonyl (C=O) groups excluding carboxylic acids is 2. The van der Waals surface area contributed by atoms with Gasteiger partial charge in [-0.15, -0.1) is 24.8 Å². The number of amides is 2. The van der Waals surface area contributed by atoms with Crippen LogP contribution in [0.25, 0.3) is 0 Å². The van der Waals surface area contributed by atoms with Gasteiger partial charge >= 0.3 is 0 Å². The Balaban J connectivity index is 0.00000200. The van der Waals surface area contributed by atoms with Crippen LogP contribution in [0.3, 0.4) is 0 Å². The van der Waals surface area contributed by atoms with E-state index in [9.17, 15) is 9.59 Å². The Morgan fingerprint density at radius 1 is 1.10 bits per heavy atom. The van der Waals surface area contributed by atoms with Crippen molar-refractivity contribution in [3.63, 3.8) is 0 Å². The van der Waals surface area contributed by atoms with Gasteiger partial charge in [-0.2, -0.15) is 0 Å². The van der Waals surface area contributed by atoms with E-state index in [-0.39, 0.29) is 37.1 Å². The molecule has 0 saturated carbocycles. The molecule has 2 atom stereocenters. The van der Waals surface area contributed by atoms with E-state index in [2.05, 4.69) is 4.90 Å². The number of rotatable bonds is 4. The fourth-order valence-corrected chi connectivity index (χ4v) is 3.10. The fraction of sp³-hybridized carbons (Fsp3) is 0.846. The van der Waals surface area contributed by atoms with E-state index in [0.29, 0.717) is 6.04 Å². The van der Waals surface area contributed by atoms with Gasteiger partial charge in [-0.1, -0.05) is 0 Å². The molecule has 0 bridgehead atoms. The summed E-state index contributed by atoms with van der Waals surface area (Å²) in [6, 6.07) is -0.323. The van der Waals surface area contributed by atoms with E-state index in [1.165, 1.54) is 12.8 Å². The second-order valence-corrected chi connectivity index (χ2v) is 5.60. The van der Waals surface area contributed by atoms with Crippen molar-refractivity contribution < 1.29 is 9.59 Å². The van der Waals surface area contributed by atoms with Gasteiger partial charge in [0.25, 0.3) is 0 Å². The molecule has 0 aromatic carbocycles. The van der Waals surface area contributed by atoms with Crippen LogP contribution in [-0.4, -0.2) is 59.9 Å². The molecule has 2 amide bonds. The number of halogens is 2. The van der Waals surface area contributed by atoms with E-state index in [1.54, 1.807) is 4.90 Å². The van der Waals surface area contributed by atoms with Crippen molar-refractivity contribution in [2.75, 3.05) is 26.2 Å². The number of primary amides is 1. The molecule has 8 heteroatoms. The molecule has 2 rings (SSSR count). The molecule has 0 aliphatic carbocycles. The quantitative estimate of drug-likeness (QED) is 0.760. The summed E-state index contributed by atoms with van der Waals surface area (Å²) in [6.07, 6.45) is 4.60. The molecule has 2 saturated heterocycles. The molecule has 124 valence electrons. The van der Waals surface area contributed by atoms with Crippen molar-refractivity contribution in [1.29, 1.82) is 0 Å². The molecule has 0 spiro atoms. The lowest BCUT2D eigenvalue weighted by molar-refractivity contribution is -0.136. The molecule has 2 aliphatic heterocycles. The van der Waals surface area contributed by atoms with Crippen LogP contribution in [0, 0.1) is 0 Å². The summed E-state index contributed by atoms with van der Waals surface area (Å²) in [4.78, 5) is 27.3. The summed E-state index contributed by atoms with van der Waals surface area (Å²) < 4.78 is 0. The van der Waals surface area contributed by atoms with Crippen molar-refractivity contribution >= 4 is 36.6 Å². The first-order valence-electron chi connectivity index (χ1n) is 7.14. The minimum atomic E-state index is -0.783. The molecule has 2 heterocycles. The van der Waals surface area contributed by atoms with Crippen molar-refractivity contribution in [1.82, 2.24) is 9.80 Å². The Bertz CT molecular complexity index is 351. The van der Waals surface area contributed by atoms with Gasteiger partial charge in [-0.05, 0) is 38.8 Å². The van der Waals surface area contributed by atoms with Gasteiger partial charge in [0.2, 0.25) is 11.8 Å². The normalized spacial score (nSPS) is 23.9. The summed E-state index contributed by atoms with van der Waals surface area (Å²) in [5.41, 5.74) is 10.8. The van der Waals surface area contributed by atoms with Crippen LogP contribution in [0.1, 0.15) is 32.1 Å². The molecular formula is C13H26Cl2N4O2. The summed E-state index contributed by atoms with van der Waals surface area (Å²) in [5.74, 6) is -0.656. The maximum Gasteiger partial charge on any atom is 0.240 e. The van der Waals surface area contributed by atoms with Crippen LogP contribution in [0.5, 0.6) is 0 Å². The van der Waals surface area contributed by atoms with Crippen LogP contribution in [-0.2, 0) is 9.59 Å². The predicted octanol–water partition coefficient (Wildman–Crippen LogP) is 0.120. The number of hydrogen-bond acceptors (Lipinski definition) is 4. The molecule has 0 aromatic heterocycles. The van der Waals surface area contributed by atoms with Crippen LogP contribution in [0.4, 0.5) is 0 Å². The van der Waals surface area contributed by atoms with Gasteiger partial charge in [-0.25, -0.2) is 0 Å². The second kappa shape index (κ2) is 9.46. The van der Waals surface area contributed by atoms with E-state index in [0.717, 1.165) is 39.0 Å². The van der Waals surface area contributed by atoms with Crippen molar-refractivity contribution in [3.05, 3.63) is 0 Å². The topological polar surface area (TPSA) is 92.7 Å². The zero-order valence-corrected chi connectivity index (χ0v) is 13.8. The number of piperidine rings is 1. The highest BCUT2D eigenvalue weighted by Gasteiger charge is 2.31. The van der Waals surface area contributed by atoms with Crippen molar-refractivity contribution in [3.8, 4) is 0 Å². The third-order valence-electron chi connectivity index (χ3n) is 4.10. The average molecular weight is 341 g/mol. The Hall–Kier alpha value is -0.560. The molecule has 2 aliphatic rings. The van der Waals surface area contributed by atoms with Crippen LogP contribution >= 0.6 is 24.8 Å². The predicted molar refractivity (Wildman–Crippen MR) is 86.7 cm³/mol. The first kappa shape index (κ1) is 20.4. The standard InChI is InChI=1S/C13H24N4O2.2ClH/c14-11(8-12(15)18)13(19)17-7-3-4-10(9-17)16-5-1-2-6-16;;/h10-11H,1-9,14H2,(H2,15,18);2*1H. The molecule has 2 unspecified atom stereocenters. The SMILES string of the molecule is Cl.Cl.NC(=O)CC(N)C(=O)N1CCCC(N2CCCC2)C1. The van der Waals surface area contributed by atoms with Gasteiger partial charge in [0, 0.05) is 19.1 Å². The highest BCUT2D eigenvalue weighted by Crippen LogP contribution is 2.20. The maximum atomic E-state index is 12.2. The van der Waals surface area contributed by atoms with E-state index in [1.807, 2.05) is 0 Å². The third-order valence-corrected chi connectivity index (χ3v) is 4.10. The van der Waals surface area contributed by atoms with E-state index < -0.39 is 11.9 Å². The molecular weight excluding hydrogens is 315 g/mol. The van der Waals surface area contributed by atoms with Gasteiger partial charge in [0.15, 0.2) is 0 Å².